The van der Waals surface area contributed by atoms with E-state index in [0.717, 1.165) is 0 Å². The van der Waals surface area contributed by atoms with Crippen molar-refractivity contribution < 1.29 is 28.3 Å². The Balaban J connectivity index is 1.78. The number of rotatable bonds is 6. The van der Waals surface area contributed by atoms with Gasteiger partial charge in [0.2, 0.25) is 5.55 Å². The molecule has 0 saturated heterocycles. The van der Waals surface area contributed by atoms with Crippen LogP contribution in [0.4, 0.5) is 5.69 Å². The summed E-state index contributed by atoms with van der Waals surface area (Å²) in [5.74, 6) is -0.472. The summed E-state index contributed by atoms with van der Waals surface area (Å²) in [4.78, 5) is 28.3. The van der Waals surface area contributed by atoms with Crippen molar-refractivity contribution in [1.29, 1.82) is 0 Å². The molecule has 31 heavy (non-hydrogen) atoms. The summed E-state index contributed by atoms with van der Waals surface area (Å²) in [6.07, 6.45) is 1.52. The van der Waals surface area contributed by atoms with Crippen LogP contribution in [-0.2, 0) is 6.54 Å². The number of carbonyl (C=O) groups excluding carboxylic acids is 2. The summed E-state index contributed by atoms with van der Waals surface area (Å²) in [5.41, 5.74) is 1.24. The number of carbonyl (C=O) groups is 2. The molecule has 0 radical (unpaired) electrons. The number of ether oxygens (including phenoxy) is 1. The zero-order valence-electron chi connectivity index (χ0n) is 16.5. The van der Waals surface area contributed by atoms with Gasteiger partial charge in [-0.25, -0.2) is 4.99 Å². The minimum absolute atomic E-state index is 0.0258. The van der Waals surface area contributed by atoms with Crippen LogP contribution in [0.2, 0.25) is 0 Å². The summed E-state index contributed by atoms with van der Waals surface area (Å²) in [6, 6.07) is 16.1. The molecule has 0 fully saturated rings. The van der Waals surface area contributed by atoms with Gasteiger partial charge >= 0.3 is 0 Å². The molecule has 0 aliphatic heterocycles. The molecule has 0 saturated carbocycles. The van der Waals surface area contributed by atoms with E-state index in [0.29, 0.717) is 28.2 Å². The highest BCUT2D eigenvalue weighted by Gasteiger charge is 2.14. The van der Waals surface area contributed by atoms with Crippen molar-refractivity contribution in [2.24, 2.45) is 4.99 Å². The summed E-state index contributed by atoms with van der Waals surface area (Å²) < 4.78 is 16.4. The van der Waals surface area contributed by atoms with Crippen LogP contribution in [0.25, 0.3) is 11.0 Å². The second kappa shape index (κ2) is 8.58. The second-order valence-corrected chi connectivity index (χ2v) is 6.58. The highest BCUT2D eigenvalue weighted by atomic mass is 16.5. The van der Waals surface area contributed by atoms with Gasteiger partial charge in [-0.05, 0) is 54.1 Å². The fourth-order valence-corrected chi connectivity index (χ4v) is 2.95. The maximum Gasteiger partial charge on any atom is 0.257 e. The number of fused-ring (bicyclic) bond motifs is 1. The number of nitrogens with zero attached hydrogens (tertiary/aromatic N) is 1. The Morgan fingerprint density at radius 3 is 2.58 bits per heavy atom. The van der Waals surface area contributed by atoms with Gasteiger partial charge in [-0.1, -0.05) is 12.1 Å². The summed E-state index contributed by atoms with van der Waals surface area (Å²) in [6.45, 7) is 0.196. The SMILES string of the molecule is COc1ccc2oc(=Nc3ccc(C(=O)[O-])cc3)c(C(=O)NCc3ccco3)cc2c1. The van der Waals surface area contributed by atoms with E-state index < -0.39 is 11.9 Å². The summed E-state index contributed by atoms with van der Waals surface area (Å²) in [5, 5.41) is 14.4. The lowest BCUT2D eigenvalue weighted by Crippen LogP contribution is -2.28. The van der Waals surface area contributed by atoms with E-state index in [1.165, 1.54) is 30.5 Å². The first kappa shape index (κ1) is 20.0. The van der Waals surface area contributed by atoms with E-state index >= 15 is 0 Å². The van der Waals surface area contributed by atoms with Crippen LogP contribution in [-0.4, -0.2) is 19.0 Å². The third kappa shape index (κ3) is 4.48. The lowest BCUT2D eigenvalue weighted by molar-refractivity contribution is -0.255. The Kier molecular flexibility index (Phi) is 5.53. The standard InChI is InChI=1S/C23H18N2O6/c1-29-17-8-9-20-15(11-17)12-19(21(26)24-13-18-3-2-10-30-18)22(31-20)25-16-6-4-14(5-7-16)23(27)28/h2-12H,13H2,1H3,(H,24,26)(H,27,28)/p-1. The summed E-state index contributed by atoms with van der Waals surface area (Å²) in [7, 11) is 1.55. The monoisotopic (exact) mass is 417 g/mol. The van der Waals surface area contributed by atoms with Gasteiger partial charge in [-0.15, -0.1) is 0 Å². The number of aromatic carboxylic acids is 1. The first-order chi connectivity index (χ1) is 15.0. The molecule has 1 N–H and O–H groups in total. The third-order valence-corrected chi connectivity index (χ3v) is 4.54. The highest BCUT2D eigenvalue weighted by molar-refractivity contribution is 5.96. The number of benzene rings is 2. The topological polar surface area (TPSA) is 117 Å². The predicted molar refractivity (Wildman–Crippen MR) is 109 cm³/mol. The molecule has 0 bridgehead atoms. The van der Waals surface area contributed by atoms with E-state index in [4.69, 9.17) is 13.6 Å². The van der Waals surface area contributed by atoms with Crippen LogP contribution in [0.3, 0.4) is 0 Å². The number of furan rings is 1. The molecule has 0 aliphatic rings. The largest absolute Gasteiger partial charge is 0.545 e. The molecule has 4 aromatic rings. The van der Waals surface area contributed by atoms with Crippen LogP contribution in [0.5, 0.6) is 5.75 Å². The van der Waals surface area contributed by atoms with Gasteiger partial charge in [0.25, 0.3) is 5.91 Å². The molecule has 2 heterocycles. The number of methoxy groups -OCH3 is 1. The van der Waals surface area contributed by atoms with E-state index in [1.54, 1.807) is 43.5 Å². The van der Waals surface area contributed by atoms with Crippen LogP contribution in [0.1, 0.15) is 26.5 Å². The van der Waals surface area contributed by atoms with E-state index in [1.807, 2.05) is 0 Å². The van der Waals surface area contributed by atoms with Crippen LogP contribution in [0, 0.1) is 0 Å². The van der Waals surface area contributed by atoms with Gasteiger partial charge in [0.15, 0.2) is 0 Å². The molecule has 156 valence electrons. The number of carboxylic acids is 1. The van der Waals surface area contributed by atoms with Gasteiger partial charge in [-0.3, -0.25) is 4.79 Å². The average molecular weight is 417 g/mol. The Bertz CT molecular complexity index is 1300. The first-order valence-corrected chi connectivity index (χ1v) is 9.32. The second-order valence-electron chi connectivity index (χ2n) is 6.58. The Morgan fingerprint density at radius 1 is 1.10 bits per heavy atom. The van der Waals surface area contributed by atoms with Gasteiger partial charge in [0.05, 0.1) is 31.6 Å². The van der Waals surface area contributed by atoms with Gasteiger partial charge in [0, 0.05) is 5.39 Å². The number of amides is 1. The molecule has 8 heteroatoms. The number of carboxylic acid groups (broad SMARTS) is 1. The molecule has 2 aromatic carbocycles. The third-order valence-electron chi connectivity index (χ3n) is 4.54. The zero-order chi connectivity index (χ0) is 21.8. The van der Waals surface area contributed by atoms with Gasteiger partial charge in [0.1, 0.15) is 22.7 Å². The fraction of sp³-hybridized carbons (Fsp3) is 0.0870. The van der Waals surface area contributed by atoms with Crippen molar-refractivity contribution in [2.45, 2.75) is 6.54 Å². The Labute approximate surface area is 176 Å². The Hall–Kier alpha value is -4.33. The molecular formula is C23H17N2O6-. The minimum Gasteiger partial charge on any atom is -0.545 e. The van der Waals surface area contributed by atoms with Crippen LogP contribution < -0.4 is 20.7 Å². The molecule has 4 rings (SSSR count). The van der Waals surface area contributed by atoms with Crippen molar-refractivity contribution in [3.8, 4) is 5.75 Å². The first-order valence-electron chi connectivity index (χ1n) is 9.32. The Morgan fingerprint density at radius 2 is 1.90 bits per heavy atom. The molecule has 0 unspecified atom stereocenters. The van der Waals surface area contributed by atoms with Crippen LogP contribution >= 0.6 is 0 Å². The van der Waals surface area contributed by atoms with Crippen molar-refractivity contribution >= 4 is 28.5 Å². The molecule has 2 aromatic heterocycles. The molecule has 0 spiro atoms. The molecular weight excluding hydrogens is 400 g/mol. The normalized spacial score (nSPS) is 11.5. The maximum absolute atomic E-state index is 12.9. The lowest BCUT2D eigenvalue weighted by Gasteiger charge is -2.07. The highest BCUT2D eigenvalue weighted by Crippen LogP contribution is 2.21. The fourth-order valence-electron chi connectivity index (χ4n) is 2.95. The smallest absolute Gasteiger partial charge is 0.257 e. The molecule has 0 atom stereocenters. The summed E-state index contributed by atoms with van der Waals surface area (Å²) >= 11 is 0. The van der Waals surface area contributed by atoms with Crippen molar-refractivity contribution in [3.63, 3.8) is 0 Å². The number of hydrogen-bond acceptors (Lipinski definition) is 7. The maximum atomic E-state index is 12.9. The number of nitrogens with one attached hydrogen (secondary N) is 1. The van der Waals surface area contributed by atoms with Crippen molar-refractivity contribution in [1.82, 2.24) is 5.32 Å². The molecule has 0 aliphatic carbocycles. The zero-order valence-corrected chi connectivity index (χ0v) is 16.5. The van der Waals surface area contributed by atoms with E-state index in [9.17, 15) is 14.7 Å². The van der Waals surface area contributed by atoms with Gasteiger partial charge < -0.3 is 28.8 Å². The minimum atomic E-state index is -1.28. The van der Waals surface area contributed by atoms with E-state index in [-0.39, 0.29) is 23.2 Å². The molecule has 1 amide bonds. The van der Waals surface area contributed by atoms with Crippen molar-refractivity contribution in [3.05, 3.63) is 89.4 Å². The lowest BCUT2D eigenvalue weighted by atomic mass is 10.1. The van der Waals surface area contributed by atoms with Gasteiger partial charge in [-0.2, -0.15) is 0 Å². The van der Waals surface area contributed by atoms with Crippen LogP contribution in [0.15, 0.2) is 80.8 Å². The quantitative estimate of drug-likeness (QED) is 0.515. The van der Waals surface area contributed by atoms with Crippen molar-refractivity contribution in [2.75, 3.05) is 7.11 Å². The molecule has 8 nitrogen and oxygen atoms in total. The average Bonchev–Trinajstić information content (AvgIpc) is 3.31. The van der Waals surface area contributed by atoms with E-state index in [2.05, 4.69) is 10.3 Å². The number of hydrogen-bond donors (Lipinski definition) is 1. The predicted octanol–water partition coefficient (Wildman–Crippen LogP) is 2.56.